The summed E-state index contributed by atoms with van der Waals surface area (Å²) in [5.41, 5.74) is 0.271. The molecule has 4 rings (SSSR count). The number of pyridine rings is 1. The van der Waals surface area contributed by atoms with Crippen LogP contribution in [0.25, 0.3) is 16.8 Å². The zero-order chi connectivity index (χ0) is 19.7. The highest BCUT2D eigenvalue weighted by Gasteiger charge is 2.39. The first kappa shape index (κ1) is 17.9. The van der Waals surface area contributed by atoms with E-state index in [1.54, 1.807) is 36.4 Å². The summed E-state index contributed by atoms with van der Waals surface area (Å²) in [6.07, 6.45) is -0.549. The number of nitrogens with one attached hydrogen (secondary N) is 1. The lowest BCUT2D eigenvalue weighted by Gasteiger charge is -2.09. The van der Waals surface area contributed by atoms with Gasteiger partial charge < -0.3 is 5.32 Å². The van der Waals surface area contributed by atoms with Gasteiger partial charge in [-0.1, -0.05) is 18.2 Å². The van der Waals surface area contributed by atoms with Gasteiger partial charge >= 0.3 is 6.18 Å². The first-order chi connectivity index (χ1) is 13.5. The van der Waals surface area contributed by atoms with Gasteiger partial charge in [0, 0.05) is 11.9 Å². The Morgan fingerprint density at radius 2 is 1.79 bits per heavy atom. The summed E-state index contributed by atoms with van der Waals surface area (Å²) < 4.78 is 54.3. The quantitative estimate of drug-likeness (QED) is 0.500. The van der Waals surface area contributed by atoms with Gasteiger partial charge in [-0.15, -0.1) is 0 Å². The Labute approximate surface area is 156 Å². The molecular formula is C19H13F4N5. The first-order valence-corrected chi connectivity index (χ1v) is 8.24. The van der Waals surface area contributed by atoms with Gasteiger partial charge in [0.05, 0.1) is 29.2 Å². The second-order valence-corrected chi connectivity index (χ2v) is 6.00. The van der Waals surface area contributed by atoms with Crippen molar-refractivity contribution in [2.45, 2.75) is 12.9 Å². The molecule has 9 heteroatoms. The van der Waals surface area contributed by atoms with Crippen LogP contribution in [0.15, 0.2) is 61.1 Å². The molecule has 0 saturated heterocycles. The molecule has 0 amide bonds. The Morgan fingerprint density at radius 1 is 1.00 bits per heavy atom. The summed E-state index contributed by atoms with van der Waals surface area (Å²) in [6, 6.07) is 11.3. The van der Waals surface area contributed by atoms with E-state index in [0.717, 1.165) is 4.52 Å². The lowest BCUT2D eigenvalue weighted by molar-refractivity contribution is -0.140. The maximum Gasteiger partial charge on any atom is 0.435 e. The Morgan fingerprint density at radius 3 is 2.50 bits per heavy atom. The maximum absolute atomic E-state index is 13.5. The van der Waals surface area contributed by atoms with Gasteiger partial charge in [-0.3, -0.25) is 4.98 Å². The molecule has 28 heavy (non-hydrogen) atoms. The van der Waals surface area contributed by atoms with Crippen LogP contribution in [-0.2, 0) is 12.9 Å². The number of aromatic nitrogens is 4. The van der Waals surface area contributed by atoms with Crippen molar-refractivity contribution in [2.24, 2.45) is 0 Å². The fraction of sp³-hybridized carbons (Fsp3) is 0.105. The highest BCUT2D eigenvalue weighted by atomic mass is 19.4. The van der Waals surface area contributed by atoms with E-state index in [1.807, 2.05) is 0 Å². The van der Waals surface area contributed by atoms with E-state index >= 15 is 0 Å². The molecule has 0 unspecified atom stereocenters. The van der Waals surface area contributed by atoms with Crippen LogP contribution in [0.3, 0.4) is 0 Å². The van der Waals surface area contributed by atoms with Crippen LogP contribution >= 0.6 is 0 Å². The summed E-state index contributed by atoms with van der Waals surface area (Å²) >= 11 is 0. The number of anilines is 2. The highest BCUT2D eigenvalue weighted by molar-refractivity contribution is 5.81. The minimum atomic E-state index is -4.64. The molecule has 0 saturated carbocycles. The van der Waals surface area contributed by atoms with Gasteiger partial charge in [-0.25, -0.2) is 13.9 Å². The standard InChI is InChI=1S/C19H13F4N5/c20-9-12-4-6-13(7-5-12)25-16-11-24-10-14(26-16)17-15-3-1-2-8-28(15)27-18(17)19(21,22)23/h1-8,10-11H,9H2,(H,25,26). The van der Waals surface area contributed by atoms with Gasteiger partial charge in [0.25, 0.3) is 0 Å². The summed E-state index contributed by atoms with van der Waals surface area (Å²) in [6.45, 7) is -0.579. The van der Waals surface area contributed by atoms with Gasteiger partial charge in [0.15, 0.2) is 5.69 Å². The lowest BCUT2D eigenvalue weighted by atomic mass is 10.1. The van der Waals surface area contributed by atoms with Crippen molar-refractivity contribution in [1.82, 2.24) is 19.6 Å². The SMILES string of the molecule is FCc1ccc(Nc2cncc(-c3c(C(F)(F)F)nn4ccccc34)n2)cc1. The van der Waals surface area contributed by atoms with E-state index < -0.39 is 18.5 Å². The molecule has 142 valence electrons. The monoisotopic (exact) mass is 387 g/mol. The van der Waals surface area contributed by atoms with Crippen LogP contribution in [0.2, 0.25) is 0 Å². The lowest BCUT2D eigenvalue weighted by Crippen LogP contribution is -2.08. The van der Waals surface area contributed by atoms with Crippen LogP contribution in [0.4, 0.5) is 29.1 Å². The molecular weight excluding hydrogens is 374 g/mol. The first-order valence-electron chi connectivity index (χ1n) is 8.24. The molecule has 3 heterocycles. The largest absolute Gasteiger partial charge is 0.435 e. The minimum absolute atomic E-state index is 0.0407. The number of fused-ring (bicyclic) bond motifs is 1. The number of hydrogen-bond donors (Lipinski definition) is 1. The molecule has 0 fully saturated rings. The maximum atomic E-state index is 13.5. The molecule has 1 N–H and O–H groups in total. The van der Waals surface area contributed by atoms with Gasteiger partial charge in [-0.2, -0.15) is 18.3 Å². The molecule has 0 atom stereocenters. The van der Waals surface area contributed by atoms with Crippen molar-refractivity contribution in [3.05, 3.63) is 72.3 Å². The van der Waals surface area contributed by atoms with Crippen molar-refractivity contribution in [1.29, 1.82) is 0 Å². The van der Waals surface area contributed by atoms with Crippen LogP contribution in [-0.4, -0.2) is 19.6 Å². The fourth-order valence-corrected chi connectivity index (χ4v) is 2.82. The molecule has 0 spiro atoms. The number of halogens is 4. The summed E-state index contributed by atoms with van der Waals surface area (Å²) in [5.74, 6) is 0.258. The second kappa shape index (κ2) is 6.91. The summed E-state index contributed by atoms with van der Waals surface area (Å²) in [7, 11) is 0. The second-order valence-electron chi connectivity index (χ2n) is 6.00. The normalized spacial score (nSPS) is 11.7. The minimum Gasteiger partial charge on any atom is -0.339 e. The van der Waals surface area contributed by atoms with Gasteiger partial charge in [0.2, 0.25) is 0 Å². The van der Waals surface area contributed by atoms with E-state index in [2.05, 4.69) is 20.4 Å². The molecule has 0 aliphatic rings. The molecule has 1 aromatic carbocycles. The van der Waals surface area contributed by atoms with Crippen molar-refractivity contribution in [3.63, 3.8) is 0 Å². The Balaban J connectivity index is 1.77. The third kappa shape index (κ3) is 3.38. The van der Waals surface area contributed by atoms with Gasteiger partial charge in [-0.05, 0) is 29.8 Å². The topological polar surface area (TPSA) is 55.1 Å². The van der Waals surface area contributed by atoms with Crippen LogP contribution < -0.4 is 5.32 Å². The molecule has 5 nitrogen and oxygen atoms in total. The van der Waals surface area contributed by atoms with E-state index in [4.69, 9.17) is 0 Å². The van der Waals surface area contributed by atoms with E-state index in [9.17, 15) is 17.6 Å². The van der Waals surface area contributed by atoms with Crippen molar-refractivity contribution in [3.8, 4) is 11.3 Å². The number of nitrogens with zero attached hydrogens (tertiary/aromatic N) is 4. The zero-order valence-corrected chi connectivity index (χ0v) is 14.3. The van der Waals surface area contributed by atoms with Crippen molar-refractivity contribution < 1.29 is 17.6 Å². The molecule has 0 bridgehead atoms. The zero-order valence-electron chi connectivity index (χ0n) is 14.3. The third-order valence-electron chi connectivity index (χ3n) is 4.08. The average Bonchev–Trinajstić information content (AvgIpc) is 3.09. The predicted molar refractivity (Wildman–Crippen MR) is 95.8 cm³/mol. The van der Waals surface area contributed by atoms with Crippen molar-refractivity contribution >= 4 is 17.0 Å². The van der Waals surface area contributed by atoms with E-state index in [1.165, 1.54) is 24.7 Å². The summed E-state index contributed by atoms with van der Waals surface area (Å²) in [4.78, 5) is 8.29. The van der Waals surface area contributed by atoms with Crippen molar-refractivity contribution in [2.75, 3.05) is 5.32 Å². The predicted octanol–water partition coefficient (Wildman–Crippen LogP) is 5.02. The van der Waals surface area contributed by atoms with Crippen LogP contribution in [0, 0.1) is 0 Å². The van der Waals surface area contributed by atoms with E-state index in [-0.39, 0.29) is 22.6 Å². The molecule has 0 aliphatic carbocycles. The molecule has 4 aromatic rings. The van der Waals surface area contributed by atoms with Gasteiger partial charge in [0.1, 0.15) is 12.5 Å². The van der Waals surface area contributed by atoms with Crippen LogP contribution in [0.5, 0.6) is 0 Å². The van der Waals surface area contributed by atoms with Crippen LogP contribution in [0.1, 0.15) is 11.3 Å². The van der Waals surface area contributed by atoms with E-state index in [0.29, 0.717) is 11.3 Å². The smallest absolute Gasteiger partial charge is 0.339 e. The number of rotatable bonds is 4. The molecule has 0 radical (unpaired) electrons. The number of benzene rings is 1. The molecule has 0 aliphatic heterocycles. The number of hydrogen-bond acceptors (Lipinski definition) is 4. The highest BCUT2D eigenvalue weighted by Crippen LogP contribution is 2.38. The number of alkyl halides is 4. The Kier molecular flexibility index (Phi) is 4.42. The fourth-order valence-electron chi connectivity index (χ4n) is 2.82. The Bertz CT molecular complexity index is 1120. The summed E-state index contributed by atoms with van der Waals surface area (Å²) in [5, 5.41) is 6.62. The molecule has 3 aromatic heterocycles. The Hall–Kier alpha value is -3.49. The average molecular weight is 387 g/mol. The third-order valence-corrected chi connectivity index (χ3v) is 4.08.